The lowest BCUT2D eigenvalue weighted by Crippen LogP contribution is -2.35. The summed E-state index contributed by atoms with van der Waals surface area (Å²) in [7, 11) is 4.27. The lowest BCUT2D eigenvalue weighted by molar-refractivity contribution is 0.326. The third-order valence-corrected chi connectivity index (χ3v) is 5.39. The number of halogens is 1. The lowest BCUT2D eigenvalue weighted by Gasteiger charge is -2.23. The summed E-state index contributed by atoms with van der Waals surface area (Å²) < 4.78 is 40.1. The highest BCUT2D eigenvalue weighted by Crippen LogP contribution is 2.17. The minimum atomic E-state index is -3.58. The number of hydrogen-bond donors (Lipinski definition) is 0. The summed E-state index contributed by atoms with van der Waals surface area (Å²) in [4.78, 5) is 4.21. The first-order valence-electron chi connectivity index (χ1n) is 7.78. The van der Waals surface area contributed by atoms with E-state index in [1.165, 1.54) is 28.6 Å². The van der Waals surface area contributed by atoms with Crippen molar-refractivity contribution in [2.75, 3.05) is 54.4 Å². The van der Waals surface area contributed by atoms with Crippen LogP contribution in [0.1, 0.15) is 12.8 Å². The molecule has 0 bridgehead atoms. The van der Waals surface area contributed by atoms with E-state index in [4.69, 9.17) is 0 Å². The van der Waals surface area contributed by atoms with Gasteiger partial charge in [-0.2, -0.15) is 4.31 Å². The van der Waals surface area contributed by atoms with Crippen LogP contribution in [-0.4, -0.2) is 76.9 Å². The SMILES string of the molecule is CN(C)CCCN(CCCN(C)C)S(=O)(=O)c1ccc(F)cc1. The predicted molar refractivity (Wildman–Crippen MR) is 91.5 cm³/mol. The molecule has 0 aliphatic heterocycles. The summed E-state index contributed by atoms with van der Waals surface area (Å²) >= 11 is 0. The van der Waals surface area contributed by atoms with Gasteiger partial charge in [-0.05, 0) is 78.4 Å². The van der Waals surface area contributed by atoms with Gasteiger partial charge in [0.05, 0.1) is 4.90 Å². The van der Waals surface area contributed by atoms with Gasteiger partial charge >= 0.3 is 0 Å². The second kappa shape index (κ2) is 9.32. The van der Waals surface area contributed by atoms with Crippen LogP contribution in [0.5, 0.6) is 0 Å². The Balaban J connectivity index is 2.84. The Morgan fingerprint density at radius 3 is 1.65 bits per heavy atom. The molecule has 0 aromatic heterocycles. The van der Waals surface area contributed by atoms with Crippen molar-refractivity contribution in [2.24, 2.45) is 0 Å². The standard InChI is InChI=1S/C16H28FN3O2S/c1-18(2)11-5-13-20(14-6-12-19(3)4)23(21,22)16-9-7-15(17)8-10-16/h7-10H,5-6,11-14H2,1-4H3. The molecule has 23 heavy (non-hydrogen) atoms. The van der Waals surface area contributed by atoms with Crippen molar-refractivity contribution in [1.82, 2.24) is 14.1 Å². The minimum Gasteiger partial charge on any atom is -0.309 e. The van der Waals surface area contributed by atoms with Gasteiger partial charge in [0.25, 0.3) is 0 Å². The largest absolute Gasteiger partial charge is 0.309 e. The maximum Gasteiger partial charge on any atom is 0.243 e. The highest BCUT2D eigenvalue weighted by atomic mass is 32.2. The predicted octanol–water partition coefficient (Wildman–Crippen LogP) is 1.72. The second-order valence-electron chi connectivity index (χ2n) is 6.17. The summed E-state index contributed by atoms with van der Waals surface area (Å²) in [5.41, 5.74) is 0. The minimum absolute atomic E-state index is 0.147. The van der Waals surface area contributed by atoms with Crippen molar-refractivity contribution in [2.45, 2.75) is 17.7 Å². The molecule has 1 rings (SSSR count). The van der Waals surface area contributed by atoms with Crippen molar-refractivity contribution in [3.05, 3.63) is 30.1 Å². The van der Waals surface area contributed by atoms with Crippen LogP contribution in [0, 0.1) is 5.82 Å². The molecule has 0 saturated carbocycles. The Hall–Kier alpha value is -1.02. The summed E-state index contributed by atoms with van der Waals surface area (Å²) in [6.45, 7) is 2.57. The van der Waals surface area contributed by atoms with Crippen LogP contribution < -0.4 is 0 Å². The zero-order chi connectivity index (χ0) is 17.5. The fourth-order valence-corrected chi connectivity index (χ4v) is 3.75. The third kappa shape index (κ3) is 6.95. The normalized spacial score (nSPS) is 12.5. The molecule has 0 radical (unpaired) electrons. The van der Waals surface area contributed by atoms with E-state index >= 15 is 0 Å². The Morgan fingerprint density at radius 2 is 1.26 bits per heavy atom. The average Bonchev–Trinajstić information content (AvgIpc) is 2.45. The monoisotopic (exact) mass is 345 g/mol. The Morgan fingerprint density at radius 1 is 0.826 bits per heavy atom. The zero-order valence-electron chi connectivity index (χ0n) is 14.5. The van der Waals surface area contributed by atoms with Crippen LogP contribution in [0.25, 0.3) is 0 Å². The van der Waals surface area contributed by atoms with E-state index in [1.54, 1.807) is 0 Å². The summed E-state index contributed by atoms with van der Waals surface area (Å²) in [5.74, 6) is -0.435. The van der Waals surface area contributed by atoms with Crippen molar-refractivity contribution < 1.29 is 12.8 Å². The van der Waals surface area contributed by atoms with Crippen molar-refractivity contribution >= 4 is 10.0 Å². The smallest absolute Gasteiger partial charge is 0.243 e. The molecule has 0 aliphatic rings. The Kier molecular flexibility index (Phi) is 8.11. The van der Waals surface area contributed by atoms with Crippen molar-refractivity contribution in [3.63, 3.8) is 0 Å². The van der Waals surface area contributed by atoms with Gasteiger partial charge in [0.2, 0.25) is 10.0 Å². The Labute approximate surface area is 139 Å². The van der Waals surface area contributed by atoms with Crippen LogP contribution in [-0.2, 0) is 10.0 Å². The maximum absolute atomic E-state index is 13.0. The molecular formula is C16H28FN3O2S. The molecule has 0 N–H and O–H groups in total. The van der Waals surface area contributed by atoms with Gasteiger partial charge in [-0.3, -0.25) is 0 Å². The fourth-order valence-electron chi connectivity index (χ4n) is 2.23. The van der Waals surface area contributed by atoms with E-state index in [-0.39, 0.29) is 4.90 Å². The van der Waals surface area contributed by atoms with Crippen LogP contribution in [0.15, 0.2) is 29.2 Å². The van der Waals surface area contributed by atoms with Gasteiger partial charge in [-0.1, -0.05) is 0 Å². The van der Waals surface area contributed by atoms with Crippen molar-refractivity contribution in [1.29, 1.82) is 0 Å². The molecule has 1 aromatic rings. The van der Waals surface area contributed by atoms with Crippen molar-refractivity contribution in [3.8, 4) is 0 Å². The van der Waals surface area contributed by atoms with Crippen LogP contribution in [0.3, 0.4) is 0 Å². The highest BCUT2D eigenvalue weighted by Gasteiger charge is 2.23. The van der Waals surface area contributed by atoms with Crippen LogP contribution >= 0.6 is 0 Å². The van der Waals surface area contributed by atoms with Crippen LogP contribution in [0.4, 0.5) is 4.39 Å². The quantitative estimate of drug-likeness (QED) is 0.648. The number of hydrogen-bond acceptors (Lipinski definition) is 4. The molecule has 1 aromatic carbocycles. The first-order valence-corrected chi connectivity index (χ1v) is 9.22. The van der Waals surface area contributed by atoms with E-state index in [9.17, 15) is 12.8 Å². The van der Waals surface area contributed by atoms with Gasteiger partial charge < -0.3 is 9.80 Å². The first-order chi connectivity index (χ1) is 10.7. The molecule has 132 valence electrons. The molecule has 5 nitrogen and oxygen atoms in total. The summed E-state index contributed by atoms with van der Waals surface area (Å²) in [5, 5.41) is 0. The van der Waals surface area contributed by atoms with Gasteiger partial charge in [-0.25, -0.2) is 12.8 Å². The van der Waals surface area contributed by atoms with E-state index in [2.05, 4.69) is 0 Å². The molecular weight excluding hydrogens is 317 g/mol. The zero-order valence-corrected chi connectivity index (χ0v) is 15.3. The first kappa shape index (κ1) is 20.0. The molecule has 0 fully saturated rings. The van der Waals surface area contributed by atoms with Gasteiger partial charge in [-0.15, -0.1) is 0 Å². The Bertz CT molecular complexity index is 545. The molecule has 0 aliphatic carbocycles. The highest BCUT2D eigenvalue weighted by molar-refractivity contribution is 7.89. The maximum atomic E-state index is 13.0. The average molecular weight is 345 g/mol. The number of benzene rings is 1. The third-order valence-electron chi connectivity index (χ3n) is 3.48. The lowest BCUT2D eigenvalue weighted by atomic mass is 10.3. The molecule has 0 spiro atoms. The van der Waals surface area contributed by atoms with E-state index in [0.717, 1.165) is 25.9 Å². The van der Waals surface area contributed by atoms with E-state index in [0.29, 0.717) is 13.1 Å². The molecule has 0 unspecified atom stereocenters. The van der Waals surface area contributed by atoms with Gasteiger partial charge in [0, 0.05) is 13.1 Å². The molecule has 0 amide bonds. The fraction of sp³-hybridized carbons (Fsp3) is 0.625. The van der Waals surface area contributed by atoms with Gasteiger partial charge in [0.1, 0.15) is 5.82 Å². The molecule has 7 heteroatoms. The number of nitrogens with zero attached hydrogens (tertiary/aromatic N) is 3. The number of sulfonamides is 1. The number of rotatable bonds is 10. The van der Waals surface area contributed by atoms with Gasteiger partial charge in [0.15, 0.2) is 0 Å². The molecule has 0 heterocycles. The summed E-state index contributed by atoms with van der Waals surface area (Å²) in [6.07, 6.45) is 1.52. The second-order valence-corrected chi connectivity index (χ2v) is 8.11. The topological polar surface area (TPSA) is 43.9 Å². The van der Waals surface area contributed by atoms with Crippen LogP contribution in [0.2, 0.25) is 0 Å². The van der Waals surface area contributed by atoms with E-state index in [1.807, 2.05) is 38.0 Å². The molecule has 0 atom stereocenters. The van der Waals surface area contributed by atoms with E-state index < -0.39 is 15.8 Å². The summed E-state index contributed by atoms with van der Waals surface area (Å²) in [6, 6.07) is 5.03. The molecule has 0 saturated heterocycles.